The van der Waals surface area contributed by atoms with E-state index in [0.717, 1.165) is 23.3 Å². The van der Waals surface area contributed by atoms with E-state index in [-0.39, 0.29) is 24.9 Å². The molecule has 28 heavy (non-hydrogen) atoms. The van der Waals surface area contributed by atoms with E-state index in [1.165, 1.54) is 0 Å². The van der Waals surface area contributed by atoms with Crippen molar-refractivity contribution in [1.82, 2.24) is 15.1 Å². The summed E-state index contributed by atoms with van der Waals surface area (Å²) in [5, 5.41) is 2.82. The van der Waals surface area contributed by atoms with Crippen molar-refractivity contribution in [1.29, 1.82) is 0 Å². The highest BCUT2D eigenvalue weighted by Gasteiger charge is 2.52. The topological polar surface area (TPSA) is 82.9 Å². The molecule has 7 heteroatoms. The van der Waals surface area contributed by atoms with Gasteiger partial charge in [-0.1, -0.05) is 43.2 Å². The molecule has 146 valence electrons. The summed E-state index contributed by atoms with van der Waals surface area (Å²) in [7, 11) is 0. The summed E-state index contributed by atoms with van der Waals surface area (Å²) in [6, 6.07) is 12.7. The minimum absolute atomic E-state index is 0.264. The Balaban J connectivity index is 1.50. The molecular weight excluding hydrogens is 358 g/mol. The molecule has 1 saturated carbocycles. The van der Waals surface area contributed by atoms with Gasteiger partial charge in [-0.25, -0.2) is 4.79 Å². The van der Waals surface area contributed by atoms with Gasteiger partial charge in [0.1, 0.15) is 17.8 Å². The number of nitrogens with one attached hydrogen (secondary N) is 1. The SMILES string of the molecule is O=C(CN1C(=O)NC2(CCCC2)C1=O)N(Cc1ccccc1)Cc1ccco1. The van der Waals surface area contributed by atoms with Gasteiger partial charge in [0.05, 0.1) is 12.8 Å². The summed E-state index contributed by atoms with van der Waals surface area (Å²) < 4.78 is 5.39. The smallest absolute Gasteiger partial charge is 0.325 e. The summed E-state index contributed by atoms with van der Waals surface area (Å²) in [5.74, 6) is 0.0774. The van der Waals surface area contributed by atoms with E-state index in [4.69, 9.17) is 4.42 Å². The van der Waals surface area contributed by atoms with E-state index >= 15 is 0 Å². The highest BCUT2D eigenvalue weighted by Crippen LogP contribution is 2.35. The van der Waals surface area contributed by atoms with Crippen LogP contribution in [0.4, 0.5) is 4.79 Å². The van der Waals surface area contributed by atoms with Crippen molar-refractivity contribution in [2.24, 2.45) is 0 Å². The number of nitrogens with zero attached hydrogens (tertiary/aromatic N) is 2. The van der Waals surface area contributed by atoms with Gasteiger partial charge in [0, 0.05) is 6.54 Å². The normalized spacial score (nSPS) is 17.9. The van der Waals surface area contributed by atoms with Crippen molar-refractivity contribution in [3.63, 3.8) is 0 Å². The first-order valence-electron chi connectivity index (χ1n) is 9.56. The third kappa shape index (κ3) is 3.52. The summed E-state index contributed by atoms with van der Waals surface area (Å²) in [4.78, 5) is 40.9. The van der Waals surface area contributed by atoms with Gasteiger partial charge in [-0.3, -0.25) is 14.5 Å². The number of benzene rings is 1. The zero-order valence-corrected chi connectivity index (χ0v) is 15.6. The standard InChI is InChI=1S/C21H23N3O4/c25-18(15-24-19(26)21(22-20(24)27)10-4-5-11-21)23(14-17-9-6-12-28-17)13-16-7-2-1-3-8-16/h1-3,6-9,12H,4-5,10-11,13-15H2,(H,22,27). The average molecular weight is 381 g/mol. The molecule has 0 atom stereocenters. The number of amides is 4. The van der Waals surface area contributed by atoms with Crippen LogP contribution in [-0.2, 0) is 22.7 Å². The van der Waals surface area contributed by atoms with E-state index < -0.39 is 11.6 Å². The Labute approximate surface area is 163 Å². The third-order valence-electron chi connectivity index (χ3n) is 5.49. The van der Waals surface area contributed by atoms with Crippen molar-refractivity contribution in [2.45, 2.75) is 44.3 Å². The molecule has 1 aliphatic heterocycles. The number of hydrogen-bond donors (Lipinski definition) is 1. The van der Waals surface area contributed by atoms with Crippen LogP contribution in [0.25, 0.3) is 0 Å². The molecule has 1 aliphatic carbocycles. The summed E-state index contributed by atoms with van der Waals surface area (Å²) >= 11 is 0. The first-order valence-corrected chi connectivity index (χ1v) is 9.56. The summed E-state index contributed by atoms with van der Waals surface area (Å²) in [6.07, 6.45) is 4.66. The van der Waals surface area contributed by atoms with Crippen LogP contribution in [0.15, 0.2) is 53.1 Å². The maximum atomic E-state index is 13.0. The average Bonchev–Trinajstić information content (AvgIpc) is 3.42. The molecule has 0 bridgehead atoms. The predicted molar refractivity (Wildman–Crippen MR) is 101 cm³/mol. The molecule has 0 unspecified atom stereocenters. The minimum atomic E-state index is -0.803. The molecule has 0 radical (unpaired) electrons. The van der Waals surface area contributed by atoms with Crippen LogP contribution in [0, 0.1) is 0 Å². The Kier molecular flexibility index (Phi) is 4.90. The van der Waals surface area contributed by atoms with Crippen LogP contribution in [0.1, 0.15) is 37.0 Å². The van der Waals surface area contributed by atoms with Crippen LogP contribution < -0.4 is 5.32 Å². The van der Waals surface area contributed by atoms with Crippen molar-refractivity contribution in [2.75, 3.05) is 6.54 Å². The van der Waals surface area contributed by atoms with Gasteiger partial charge in [-0.15, -0.1) is 0 Å². The number of carbonyl (C=O) groups excluding carboxylic acids is 3. The molecule has 7 nitrogen and oxygen atoms in total. The van der Waals surface area contributed by atoms with Gasteiger partial charge in [-0.2, -0.15) is 0 Å². The number of urea groups is 1. The quantitative estimate of drug-likeness (QED) is 0.780. The second-order valence-electron chi connectivity index (χ2n) is 7.43. The molecule has 2 aliphatic rings. The number of carbonyl (C=O) groups is 3. The first kappa shape index (κ1) is 18.3. The van der Waals surface area contributed by atoms with E-state index in [2.05, 4.69) is 5.32 Å². The lowest BCUT2D eigenvalue weighted by molar-refractivity contribution is -0.139. The largest absolute Gasteiger partial charge is 0.467 e. The second kappa shape index (κ2) is 7.50. The first-order chi connectivity index (χ1) is 13.6. The van der Waals surface area contributed by atoms with Gasteiger partial charge >= 0.3 is 6.03 Å². The lowest BCUT2D eigenvalue weighted by Crippen LogP contribution is -2.45. The fourth-order valence-electron chi connectivity index (χ4n) is 4.00. The van der Waals surface area contributed by atoms with Crippen LogP contribution >= 0.6 is 0 Å². The van der Waals surface area contributed by atoms with Crippen LogP contribution in [0.2, 0.25) is 0 Å². The molecule has 4 amide bonds. The Morgan fingerprint density at radius 2 is 1.82 bits per heavy atom. The molecule has 2 aromatic rings. The van der Waals surface area contributed by atoms with Crippen molar-refractivity contribution >= 4 is 17.8 Å². The molecule has 1 saturated heterocycles. The lowest BCUT2D eigenvalue weighted by atomic mass is 9.98. The number of rotatable bonds is 6. The van der Waals surface area contributed by atoms with E-state index in [1.807, 2.05) is 30.3 Å². The van der Waals surface area contributed by atoms with Crippen LogP contribution in [0.5, 0.6) is 0 Å². The fraction of sp³-hybridized carbons (Fsp3) is 0.381. The molecule has 1 spiro atoms. The van der Waals surface area contributed by atoms with E-state index in [9.17, 15) is 14.4 Å². The zero-order chi connectivity index (χ0) is 19.6. The van der Waals surface area contributed by atoms with Gasteiger partial charge in [-0.05, 0) is 30.5 Å². The van der Waals surface area contributed by atoms with Crippen molar-refractivity contribution in [3.05, 3.63) is 60.1 Å². The minimum Gasteiger partial charge on any atom is -0.467 e. The maximum absolute atomic E-state index is 13.0. The highest BCUT2D eigenvalue weighted by atomic mass is 16.3. The lowest BCUT2D eigenvalue weighted by Gasteiger charge is -2.24. The Morgan fingerprint density at radius 1 is 1.07 bits per heavy atom. The van der Waals surface area contributed by atoms with Crippen LogP contribution in [0.3, 0.4) is 0 Å². The fourth-order valence-corrected chi connectivity index (χ4v) is 4.00. The second-order valence-corrected chi connectivity index (χ2v) is 7.43. The number of furan rings is 1. The number of hydrogen-bond acceptors (Lipinski definition) is 4. The molecule has 1 N–H and O–H groups in total. The number of imide groups is 1. The van der Waals surface area contributed by atoms with Crippen LogP contribution in [-0.4, -0.2) is 39.7 Å². The molecule has 2 fully saturated rings. The molecular formula is C21H23N3O4. The van der Waals surface area contributed by atoms with Gasteiger partial charge in [0.25, 0.3) is 5.91 Å². The van der Waals surface area contributed by atoms with Gasteiger partial charge < -0.3 is 14.6 Å². The zero-order valence-electron chi connectivity index (χ0n) is 15.6. The molecule has 2 heterocycles. The van der Waals surface area contributed by atoms with Crippen molar-refractivity contribution in [3.8, 4) is 0 Å². The highest BCUT2D eigenvalue weighted by molar-refractivity contribution is 6.09. The molecule has 1 aromatic heterocycles. The Hall–Kier alpha value is -3.09. The predicted octanol–water partition coefficient (Wildman–Crippen LogP) is 2.67. The van der Waals surface area contributed by atoms with E-state index in [1.54, 1.807) is 23.3 Å². The monoisotopic (exact) mass is 381 g/mol. The Bertz CT molecular complexity index is 857. The maximum Gasteiger partial charge on any atom is 0.325 e. The Morgan fingerprint density at radius 3 is 2.50 bits per heavy atom. The van der Waals surface area contributed by atoms with E-state index in [0.29, 0.717) is 25.1 Å². The van der Waals surface area contributed by atoms with Crippen molar-refractivity contribution < 1.29 is 18.8 Å². The third-order valence-corrected chi connectivity index (χ3v) is 5.49. The molecule has 1 aromatic carbocycles. The summed E-state index contributed by atoms with van der Waals surface area (Å²) in [5.41, 5.74) is 0.162. The van der Waals surface area contributed by atoms with Gasteiger partial charge in [0.15, 0.2) is 0 Å². The van der Waals surface area contributed by atoms with Gasteiger partial charge in [0.2, 0.25) is 5.91 Å². The summed E-state index contributed by atoms with van der Waals surface area (Å²) in [6.45, 7) is 0.380. The molecule has 4 rings (SSSR count).